The van der Waals surface area contributed by atoms with Gasteiger partial charge in [0.2, 0.25) is 0 Å². The number of carbonyl (C=O) groups is 2. The van der Waals surface area contributed by atoms with Gasteiger partial charge in [0.25, 0.3) is 6.47 Å². The van der Waals surface area contributed by atoms with Crippen molar-refractivity contribution in [1.82, 2.24) is 0 Å². The molecule has 2 saturated carbocycles. The summed E-state index contributed by atoms with van der Waals surface area (Å²) in [5.41, 5.74) is 1.24. The third-order valence-corrected chi connectivity index (χ3v) is 8.66. The lowest BCUT2D eigenvalue weighted by molar-refractivity contribution is -0.132. The minimum Gasteiger partial charge on any atom is -0.493 e. The van der Waals surface area contributed by atoms with E-state index >= 15 is 0 Å². The Labute approximate surface area is 430 Å². The maximum absolute atomic E-state index is 9.74. The molecule has 0 aromatic heterocycles. The Morgan fingerprint density at radius 1 is 0.643 bits per heavy atom. The van der Waals surface area contributed by atoms with Crippen molar-refractivity contribution in [1.29, 1.82) is 0 Å². The van der Waals surface area contributed by atoms with Crippen LogP contribution < -0.4 is 9.47 Å². The van der Waals surface area contributed by atoms with Gasteiger partial charge in [0.05, 0.1) is 58.8 Å². The Kier molecular flexibility index (Phi) is 93.5. The summed E-state index contributed by atoms with van der Waals surface area (Å²) >= 11 is 5.87. The van der Waals surface area contributed by atoms with Crippen molar-refractivity contribution in [3.8, 4) is 11.5 Å². The van der Waals surface area contributed by atoms with E-state index in [4.69, 9.17) is 60.8 Å². The summed E-state index contributed by atoms with van der Waals surface area (Å²) in [6, 6.07) is 15.7. The molecule has 0 spiro atoms. The number of aryl methyl sites for hydroxylation is 1. The van der Waals surface area contributed by atoms with E-state index in [2.05, 4.69) is 66.2 Å². The minimum absolute atomic E-state index is 0. The number of nitrogens with zero attached hydrogens (tertiary/aromatic N) is 2. The number of unbranched alkanes of at least 4 members (excludes halogenated alkanes) is 4. The highest BCUT2D eigenvalue weighted by Gasteiger charge is 2.15. The molecule has 0 unspecified atom stereocenters. The van der Waals surface area contributed by atoms with E-state index in [1.807, 2.05) is 49.4 Å². The van der Waals surface area contributed by atoms with Crippen LogP contribution in [0.15, 0.2) is 83.2 Å². The number of ether oxygens (including phenoxy) is 5. The molecule has 2 fully saturated rings. The number of rotatable bonds is 21. The van der Waals surface area contributed by atoms with Crippen molar-refractivity contribution in [2.45, 2.75) is 170 Å². The second kappa shape index (κ2) is 79.1. The number of allylic oxidation sites excluding steroid dienone is 4. The highest BCUT2D eigenvalue weighted by atomic mass is 35.5. The topological polar surface area (TPSA) is 220 Å². The fraction of sp³-hybridized carbons (Fsp3) is 0.667. The monoisotopic (exact) mass is 1020 g/mol. The number of benzene rings is 2. The fourth-order valence-electron chi connectivity index (χ4n) is 5.46. The minimum atomic E-state index is 0. The summed E-state index contributed by atoms with van der Waals surface area (Å²) in [5, 5.41) is 33.2. The van der Waals surface area contributed by atoms with Crippen LogP contribution in [-0.4, -0.2) is 120 Å². The lowest BCUT2D eigenvalue weighted by Crippen LogP contribution is -2.10. The molecular formula is C54H101ClN2O13. The van der Waals surface area contributed by atoms with Crippen molar-refractivity contribution < 1.29 is 53.7 Å². The highest BCUT2D eigenvalue weighted by Crippen LogP contribution is 2.22. The van der Waals surface area contributed by atoms with Gasteiger partial charge in [-0.05, 0) is 115 Å². The van der Waals surface area contributed by atoms with Crippen molar-refractivity contribution in [2.24, 2.45) is 10.4 Å². The Morgan fingerprint density at radius 3 is 1.37 bits per heavy atom. The maximum Gasteiger partial charge on any atom is 0.293 e. The summed E-state index contributed by atoms with van der Waals surface area (Å²) in [6.45, 7) is 15.5. The third kappa shape index (κ3) is 75.4. The second-order valence-electron chi connectivity index (χ2n) is 14.3. The van der Waals surface area contributed by atoms with Gasteiger partial charge in [0.15, 0.2) is 0 Å². The molecule has 0 heterocycles. The normalized spacial score (nSPS) is 11.6. The van der Waals surface area contributed by atoms with Gasteiger partial charge in [-0.1, -0.05) is 117 Å². The SMILES string of the molecule is C.C/C=C\CCCC.C/C=C\CCCC=O.CC(C)OC=O.CN=O.CN=O.CO.CO.CO.CO.Cc1cccc(OCCCOC2CCCC2)c1.Clc1cccc(OCCCOC2CCCC2)c1. The fourth-order valence-corrected chi connectivity index (χ4v) is 5.64. The van der Waals surface area contributed by atoms with E-state index < -0.39 is 0 Å². The first-order chi connectivity index (χ1) is 33.6. The molecule has 4 rings (SSSR count). The molecule has 2 aromatic carbocycles. The predicted octanol–water partition coefficient (Wildman–Crippen LogP) is 12.9. The van der Waals surface area contributed by atoms with E-state index in [-0.39, 0.29) is 13.5 Å². The number of hydrogen-bond acceptors (Lipinski definition) is 15. The summed E-state index contributed by atoms with van der Waals surface area (Å²) in [7, 11) is 6.39. The average molecular weight is 1020 g/mol. The smallest absolute Gasteiger partial charge is 0.293 e. The molecular weight excluding hydrogens is 920 g/mol. The molecule has 2 aliphatic rings. The van der Waals surface area contributed by atoms with Gasteiger partial charge < -0.3 is 48.9 Å². The molecule has 412 valence electrons. The zero-order valence-corrected chi connectivity index (χ0v) is 45.4. The third-order valence-electron chi connectivity index (χ3n) is 8.43. The van der Waals surface area contributed by atoms with Crippen LogP contribution >= 0.6 is 11.6 Å². The number of aliphatic hydroxyl groups is 4. The van der Waals surface area contributed by atoms with Crippen LogP contribution in [0, 0.1) is 16.7 Å². The molecule has 16 heteroatoms. The van der Waals surface area contributed by atoms with Crippen LogP contribution in [-0.2, 0) is 23.8 Å². The van der Waals surface area contributed by atoms with Crippen molar-refractivity contribution in [3.63, 3.8) is 0 Å². The van der Waals surface area contributed by atoms with Crippen LogP contribution in [0.2, 0.25) is 5.02 Å². The Morgan fingerprint density at radius 2 is 1.04 bits per heavy atom. The predicted molar refractivity (Wildman–Crippen MR) is 293 cm³/mol. The average Bonchev–Trinajstić information content (AvgIpc) is 4.10. The number of carbonyl (C=O) groups excluding carboxylic acids is 2. The Hall–Kier alpha value is -4.09. The first-order valence-corrected chi connectivity index (χ1v) is 24.3. The molecule has 0 atom stereocenters. The van der Waals surface area contributed by atoms with Gasteiger partial charge in [-0.2, -0.15) is 9.81 Å². The van der Waals surface area contributed by atoms with Gasteiger partial charge in [0.1, 0.15) is 17.8 Å². The maximum atomic E-state index is 9.74. The van der Waals surface area contributed by atoms with Gasteiger partial charge in [0, 0.05) is 52.7 Å². The lowest BCUT2D eigenvalue weighted by Gasteiger charge is -2.11. The largest absolute Gasteiger partial charge is 0.493 e. The number of aldehydes is 1. The van der Waals surface area contributed by atoms with Crippen LogP contribution in [0.1, 0.15) is 150 Å². The summed E-state index contributed by atoms with van der Waals surface area (Å²) in [5.74, 6) is 1.80. The van der Waals surface area contributed by atoms with Gasteiger partial charge in [-0.15, -0.1) is 0 Å². The van der Waals surface area contributed by atoms with Crippen molar-refractivity contribution in [2.75, 3.05) is 69.0 Å². The second-order valence-corrected chi connectivity index (χ2v) is 14.7. The van der Waals surface area contributed by atoms with Crippen molar-refractivity contribution in [3.05, 3.63) is 93.2 Å². The Balaban J connectivity index is -0.000000112. The van der Waals surface area contributed by atoms with Crippen LogP contribution in [0.4, 0.5) is 0 Å². The Bertz CT molecular complexity index is 1250. The standard InChI is InChI=1S/C15H22O2.C14H19ClO2.C7H12O.C7H14.C4H8O2.2CH3NO.4CH4O.CH4/c1-13-6-4-9-15(12-13)17-11-5-10-16-14-7-2-3-8-14;15-12-5-3-8-14(11-12)17-10-4-9-16-13-6-1-2-7-13;1-2-3-4-5-6-7-8;1-3-5-7-6-4-2;1-4(2)6-3-5;2*1-2-3;4*1-2;/h4,6,9,12,14H,2-3,5,7-8,10-11H2,1H3;3,5,8,11,13H,1-2,4,6-7,9-10H2;2-3,7H,4-6H2,1H3;3,5H,4,6-7H2,1-2H3;3-4H,1-2H3;2*1H3;4*2H,1H3;1H4/b;;3-2-;5-3-;;;;;;;;. The van der Waals surface area contributed by atoms with Crippen molar-refractivity contribution >= 4 is 24.4 Å². The van der Waals surface area contributed by atoms with Gasteiger partial charge >= 0.3 is 0 Å². The molecule has 0 bridgehead atoms. The number of aliphatic hydroxyl groups excluding tert-OH is 4. The van der Waals surface area contributed by atoms with Crippen LogP contribution in [0.5, 0.6) is 11.5 Å². The van der Waals surface area contributed by atoms with E-state index in [1.54, 1.807) is 13.8 Å². The number of halogens is 1. The quantitative estimate of drug-likeness (QED) is 0.0396. The number of hydrogen-bond donors (Lipinski definition) is 4. The summed E-state index contributed by atoms with van der Waals surface area (Å²) in [4.78, 5) is 36.2. The van der Waals surface area contributed by atoms with E-state index in [0.29, 0.717) is 36.7 Å². The van der Waals surface area contributed by atoms with E-state index in [1.165, 1.54) is 90.3 Å². The summed E-state index contributed by atoms with van der Waals surface area (Å²) in [6.07, 6.45) is 29.2. The molecule has 0 saturated heterocycles. The van der Waals surface area contributed by atoms with Crippen LogP contribution in [0.3, 0.4) is 0 Å². The molecule has 0 aliphatic heterocycles. The highest BCUT2D eigenvalue weighted by molar-refractivity contribution is 6.30. The summed E-state index contributed by atoms with van der Waals surface area (Å²) < 4.78 is 27.2. The molecule has 2 aromatic rings. The van der Waals surface area contributed by atoms with Crippen LogP contribution in [0.25, 0.3) is 0 Å². The van der Waals surface area contributed by atoms with E-state index in [0.717, 1.165) is 91.7 Å². The first kappa shape index (κ1) is 82.8. The zero-order valence-electron chi connectivity index (χ0n) is 44.7. The molecule has 70 heavy (non-hydrogen) atoms. The zero-order chi connectivity index (χ0) is 54.0. The molecule has 15 nitrogen and oxygen atoms in total. The molecule has 4 N–H and O–H groups in total. The molecule has 0 radical (unpaired) electrons. The molecule has 2 aliphatic carbocycles. The first-order valence-electron chi connectivity index (χ1n) is 23.9. The lowest BCUT2D eigenvalue weighted by atomic mass is 10.2. The van der Waals surface area contributed by atoms with Gasteiger partial charge in [-0.25, -0.2) is 0 Å². The van der Waals surface area contributed by atoms with E-state index in [9.17, 15) is 9.59 Å². The molecule has 0 amide bonds. The van der Waals surface area contributed by atoms with Gasteiger partial charge in [-0.3, -0.25) is 4.79 Å². The number of nitroso groups, excluding NO2 is 2.